The quantitative estimate of drug-likeness (QED) is 0.402. The summed E-state index contributed by atoms with van der Waals surface area (Å²) in [4.78, 5) is 12.3. The molecule has 0 saturated carbocycles. The van der Waals surface area contributed by atoms with E-state index in [0.717, 1.165) is 0 Å². The van der Waals surface area contributed by atoms with Gasteiger partial charge >= 0.3 is 29.9 Å². The van der Waals surface area contributed by atoms with Crippen LogP contribution in [0, 0.1) is 0 Å². The van der Waals surface area contributed by atoms with Gasteiger partial charge in [-0.25, -0.2) is 4.79 Å². The Labute approximate surface area is 172 Å². The summed E-state index contributed by atoms with van der Waals surface area (Å²) in [7, 11) is 0. The number of ether oxygens (including phenoxy) is 1. The van der Waals surface area contributed by atoms with Crippen molar-refractivity contribution in [2.75, 3.05) is 0 Å². The second-order valence-corrected chi connectivity index (χ2v) is 8.05. The molecule has 31 heavy (non-hydrogen) atoms. The van der Waals surface area contributed by atoms with E-state index in [2.05, 4.69) is 0 Å². The van der Waals surface area contributed by atoms with Gasteiger partial charge in [0.1, 0.15) is 5.60 Å². The Kier molecular flexibility index (Phi) is 7.43. The van der Waals surface area contributed by atoms with Crippen molar-refractivity contribution in [3.8, 4) is 0 Å². The molecule has 0 radical (unpaired) electrons. The lowest BCUT2D eigenvalue weighted by Gasteiger charge is -2.38. The molecule has 0 bridgehead atoms. The fraction of sp³-hybridized carbons (Fsp3) is 0.632. The molecule has 3 nitrogen and oxygen atoms in total. The van der Waals surface area contributed by atoms with Crippen molar-refractivity contribution >= 4 is 5.97 Å². The third kappa shape index (κ3) is 6.05. The van der Waals surface area contributed by atoms with E-state index >= 15 is 0 Å². The highest BCUT2D eigenvalue weighted by atomic mass is 19.4. The van der Waals surface area contributed by atoms with E-state index in [1.54, 1.807) is 6.07 Å². The Morgan fingerprint density at radius 2 is 1.35 bits per heavy atom. The first-order valence-corrected chi connectivity index (χ1v) is 8.86. The topological polar surface area (TPSA) is 46.5 Å². The molecule has 12 heteroatoms. The number of hydrogen-bond acceptors (Lipinski definition) is 3. The van der Waals surface area contributed by atoms with Gasteiger partial charge in [0.05, 0.1) is 6.42 Å². The molecule has 1 N–H and O–H groups in total. The molecule has 0 heterocycles. The van der Waals surface area contributed by atoms with Crippen LogP contribution in [0.25, 0.3) is 0 Å². The van der Waals surface area contributed by atoms with E-state index in [4.69, 9.17) is 4.74 Å². The first kappa shape index (κ1) is 27.1. The lowest BCUT2D eigenvalue weighted by atomic mass is 9.85. The Morgan fingerprint density at radius 1 is 0.871 bits per heavy atom. The minimum Gasteiger partial charge on any atom is -0.458 e. The first-order valence-electron chi connectivity index (χ1n) is 8.86. The summed E-state index contributed by atoms with van der Waals surface area (Å²) in [5.41, 5.74) is -4.55. The average Bonchev–Trinajstić information content (AvgIpc) is 2.57. The van der Waals surface area contributed by atoms with Crippen molar-refractivity contribution in [3.63, 3.8) is 0 Å². The van der Waals surface area contributed by atoms with Gasteiger partial charge in [0.25, 0.3) is 0 Å². The van der Waals surface area contributed by atoms with Crippen molar-refractivity contribution in [2.24, 2.45) is 0 Å². The summed E-state index contributed by atoms with van der Waals surface area (Å²) in [5.74, 6) is -22.1. The second kappa shape index (κ2) is 8.51. The third-order valence-electron chi connectivity index (χ3n) is 4.17. The van der Waals surface area contributed by atoms with Gasteiger partial charge in [-0.15, -0.1) is 0 Å². The SMILES string of the molecule is CC(C)(C)OC(=O)C(O)(CCc1ccccc1)CC(F)(F)C(F)(F)C(F)(F)C(F)(F)F. The van der Waals surface area contributed by atoms with Gasteiger partial charge < -0.3 is 9.84 Å². The average molecular weight is 468 g/mol. The number of carbonyl (C=O) groups excluding carboxylic acids is 1. The Bertz CT molecular complexity index is 755. The van der Waals surface area contributed by atoms with Crippen LogP contribution >= 0.6 is 0 Å². The number of alkyl halides is 9. The number of aryl methyl sites for hydroxylation is 1. The number of rotatable bonds is 8. The lowest BCUT2D eigenvalue weighted by Crippen LogP contribution is -2.63. The Balaban J connectivity index is 3.33. The number of aliphatic hydroxyl groups is 1. The first-order chi connectivity index (χ1) is 13.7. The molecule has 1 rings (SSSR count). The molecule has 0 aliphatic heterocycles. The zero-order chi connectivity index (χ0) is 24.5. The van der Waals surface area contributed by atoms with Crippen LogP contribution in [-0.4, -0.2) is 46.2 Å². The largest absolute Gasteiger partial charge is 0.460 e. The number of halogens is 9. The standard InChI is InChI=1S/C19H21F9O3/c1-14(2,3)31-13(29)15(30,10-9-12-7-5-4-6-8-12)11-16(20,21)17(22,23)18(24,25)19(26,27)28/h4-8,30H,9-11H2,1-3H3. The van der Waals surface area contributed by atoms with E-state index in [9.17, 15) is 49.4 Å². The molecule has 0 fully saturated rings. The van der Waals surface area contributed by atoms with E-state index in [1.165, 1.54) is 45.0 Å². The Hall–Kier alpha value is -1.98. The molecular weight excluding hydrogens is 447 g/mol. The highest BCUT2D eigenvalue weighted by Gasteiger charge is 2.82. The van der Waals surface area contributed by atoms with Crippen molar-refractivity contribution in [3.05, 3.63) is 35.9 Å². The van der Waals surface area contributed by atoms with Crippen LogP contribution in [0.1, 0.15) is 39.2 Å². The summed E-state index contributed by atoms with van der Waals surface area (Å²) >= 11 is 0. The minimum atomic E-state index is -7.13. The van der Waals surface area contributed by atoms with Crippen molar-refractivity contribution in [2.45, 2.75) is 75.2 Å². The molecule has 1 atom stereocenters. The van der Waals surface area contributed by atoms with Crippen LogP contribution in [0.2, 0.25) is 0 Å². The molecule has 0 aliphatic carbocycles. The molecule has 0 saturated heterocycles. The van der Waals surface area contributed by atoms with E-state index in [-0.39, 0.29) is 6.42 Å². The van der Waals surface area contributed by atoms with Crippen LogP contribution in [0.3, 0.4) is 0 Å². The lowest BCUT2D eigenvalue weighted by molar-refractivity contribution is -0.399. The van der Waals surface area contributed by atoms with Crippen molar-refractivity contribution in [1.29, 1.82) is 0 Å². The molecule has 0 spiro atoms. The molecule has 0 aromatic heterocycles. The van der Waals surface area contributed by atoms with E-state index < -0.39 is 54.0 Å². The minimum absolute atomic E-state index is 0.347. The number of benzene rings is 1. The molecule has 178 valence electrons. The predicted octanol–water partition coefficient (Wildman–Crippen LogP) is 5.55. The summed E-state index contributed by atoms with van der Waals surface area (Å²) in [6.07, 6.45) is -11.1. The van der Waals surface area contributed by atoms with Gasteiger partial charge in [-0.2, -0.15) is 39.5 Å². The maximum atomic E-state index is 14.1. The highest BCUT2D eigenvalue weighted by molar-refractivity contribution is 5.79. The number of esters is 1. The fourth-order valence-electron chi connectivity index (χ4n) is 2.52. The van der Waals surface area contributed by atoms with Crippen LogP contribution in [0.15, 0.2) is 30.3 Å². The van der Waals surface area contributed by atoms with E-state index in [1.807, 2.05) is 0 Å². The zero-order valence-electron chi connectivity index (χ0n) is 16.7. The number of carbonyl (C=O) groups is 1. The number of hydrogen-bond donors (Lipinski definition) is 1. The third-order valence-corrected chi connectivity index (χ3v) is 4.17. The van der Waals surface area contributed by atoms with E-state index in [0.29, 0.717) is 5.56 Å². The van der Waals surface area contributed by atoms with Crippen LogP contribution in [0.4, 0.5) is 39.5 Å². The monoisotopic (exact) mass is 468 g/mol. The predicted molar refractivity (Wildman–Crippen MR) is 91.1 cm³/mol. The summed E-state index contributed by atoms with van der Waals surface area (Å²) in [6, 6.07) is 7.42. The van der Waals surface area contributed by atoms with Crippen molar-refractivity contribution < 1.29 is 54.2 Å². The summed E-state index contributed by atoms with van der Waals surface area (Å²) in [6.45, 7) is 3.73. The smallest absolute Gasteiger partial charge is 0.458 e. The maximum Gasteiger partial charge on any atom is 0.460 e. The molecule has 0 amide bonds. The molecule has 1 unspecified atom stereocenters. The molecule has 0 aliphatic rings. The maximum absolute atomic E-state index is 14.1. The molecule has 1 aromatic rings. The highest BCUT2D eigenvalue weighted by Crippen LogP contribution is 2.55. The normalized spacial score (nSPS) is 16.0. The van der Waals surface area contributed by atoms with Gasteiger partial charge in [-0.3, -0.25) is 0 Å². The summed E-state index contributed by atoms with van der Waals surface area (Å²) in [5, 5.41) is 10.5. The fourth-order valence-corrected chi connectivity index (χ4v) is 2.52. The van der Waals surface area contributed by atoms with Crippen LogP contribution in [0.5, 0.6) is 0 Å². The van der Waals surface area contributed by atoms with Gasteiger partial charge in [0, 0.05) is 0 Å². The van der Waals surface area contributed by atoms with Gasteiger partial charge in [0.15, 0.2) is 5.60 Å². The Morgan fingerprint density at radius 3 is 1.77 bits per heavy atom. The second-order valence-electron chi connectivity index (χ2n) is 8.05. The van der Waals surface area contributed by atoms with Gasteiger partial charge in [0.2, 0.25) is 0 Å². The molecular formula is C19H21F9O3. The van der Waals surface area contributed by atoms with Gasteiger partial charge in [-0.1, -0.05) is 30.3 Å². The van der Waals surface area contributed by atoms with Crippen LogP contribution < -0.4 is 0 Å². The molecule has 1 aromatic carbocycles. The van der Waals surface area contributed by atoms with Gasteiger partial charge in [-0.05, 0) is 39.2 Å². The zero-order valence-corrected chi connectivity index (χ0v) is 16.7. The van der Waals surface area contributed by atoms with Crippen LogP contribution in [-0.2, 0) is 16.0 Å². The summed E-state index contributed by atoms with van der Waals surface area (Å²) < 4.78 is 124. The van der Waals surface area contributed by atoms with Crippen molar-refractivity contribution in [1.82, 2.24) is 0 Å².